The summed E-state index contributed by atoms with van der Waals surface area (Å²) in [5.74, 6) is 0. The van der Waals surface area contributed by atoms with Crippen LogP contribution in [-0.4, -0.2) is 130 Å². The Morgan fingerprint density at radius 3 is 1.81 bits per heavy atom. The predicted molar refractivity (Wildman–Crippen MR) is 104 cm³/mol. The average molecular weight is 453 g/mol. The Bertz CT molecular complexity index is 598. The van der Waals surface area contributed by atoms with E-state index in [1.54, 1.807) is 20.8 Å². The maximum atomic E-state index is 12.1. The van der Waals surface area contributed by atoms with Crippen molar-refractivity contribution in [1.29, 1.82) is 0 Å². The van der Waals surface area contributed by atoms with Gasteiger partial charge in [0.1, 0.15) is 42.7 Å². The first kappa shape index (κ1) is 26.2. The van der Waals surface area contributed by atoms with Gasteiger partial charge >= 0.3 is 6.09 Å². The molecule has 2 saturated heterocycles. The molecule has 2 aliphatic rings. The minimum absolute atomic E-state index is 0.530. The highest BCUT2D eigenvalue weighted by molar-refractivity contribution is 5.67. The molecule has 12 heteroatoms. The van der Waals surface area contributed by atoms with Crippen LogP contribution in [0, 0.1) is 5.41 Å². The van der Waals surface area contributed by atoms with Gasteiger partial charge in [-0.15, -0.1) is 0 Å². The second-order valence-electron chi connectivity index (χ2n) is 9.18. The molecule has 10 atom stereocenters. The van der Waals surface area contributed by atoms with Crippen molar-refractivity contribution in [2.75, 3.05) is 27.3 Å². The fraction of sp³-hybridized carbons (Fsp3) is 0.947. The molecule has 6 N–H and O–H groups in total. The third-order valence-electron chi connectivity index (χ3n) is 5.44. The van der Waals surface area contributed by atoms with Crippen molar-refractivity contribution in [2.24, 2.45) is 5.41 Å². The van der Waals surface area contributed by atoms with Crippen LogP contribution in [0.4, 0.5) is 4.79 Å². The van der Waals surface area contributed by atoms with Crippen LogP contribution in [0.2, 0.25) is 0 Å². The molecule has 0 spiro atoms. The topological polar surface area (TPSA) is 179 Å². The maximum absolute atomic E-state index is 12.1. The van der Waals surface area contributed by atoms with E-state index in [0.717, 1.165) is 4.90 Å². The zero-order chi connectivity index (χ0) is 23.7. The summed E-state index contributed by atoms with van der Waals surface area (Å²) in [6, 6.07) is 0. The van der Waals surface area contributed by atoms with E-state index < -0.39 is 85.9 Å². The van der Waals surface area contributed by atoms with Gasteiger partial charge in [-0.3, -0.25) is 0 Å². The lowest BCUT2D eigenvalue weighted by Crippen LogP contribution is -2.66. The van der Waals surface area contributed by atoms with Gasteiger partial charge in [0.15, 0.2) is 12.4 Å². The molecule has 2 heterocycles. The first-order valence-electron chi connectivity index (χ1n) is 10.1. The summed E-state index contributed by atoms with van der Waals surface area (Å²) >= 11 is 0. The van der Waals surface area contributed by atoms with Crippen molar-refractivity contribution in [1.82, 2.24) is 4.90 Å². The van der Waals surface area contributed by atoms with Gasteiger partial charge in [0.05, 0.1) is 19.3 Å². The number of aliphatic hydroxyl groups is 6. The zero-order valence-electron chi connectivity index (χ0n) is 18.4. The molecule has 2 rings (SSSR count). The molecule has 31 heavy (non-hydrogen) atoms. The average Bonchev–Trinajstić information content (AvgIpc) is 2.69. The molecule has 0 aromatic heterocycles. The molecule has 1 amide bonds. The van der Waals surface area contributed by atoms with Gasteiger partial charge in [-0.25, -0.2) is 4.79 Å². The molecule has 0 saturated carbocycles. The van der Waals surface area contributed by atoms with E-state index in [2.05, 4.69) is 0 Å². The lowest BCUT2D eigenvalue weighted by atomic mass is 9.80. The SMILES string of the molecule is CN(C)C(=O)O[C@@H]1[C@@H](O[C@@H]2C(C(C)(C)C)O[C@@H](CO)[C@@H](O)[C@@H]2O)O[C@H](CO)[C@@H](O)[C@@H]1O. The minimum Gasteiger partial charge on any atom is -0.438 e. The molecule has 0 aromatic carbocycles. The molecule has 2 fully saturated rings. The summed E-state index contributed by atoms with van der Waals surface area (Å²) in [6.07, 6.45) is -14.4. The zero-order valence-corrected chi connectivity index (χ0v) is 18.4. The molecule has 0 aromatic rings. The van der Waals surface area contributed by atoms with E-state index in [-0.39, 0.29) is 0 Å². The summed E-state index contributed by atoms with van der Waals surface area (Å²) in [4.78, 5) is 13.2. The quantitative estimate of drug-likeness (QED) is 0.257. The smallest absolute Gasteiger partial charge is 0.409 e. The second kappa shape index (κ2) is 10.2. The normalized spacial score (nSPS) is 41.6. The maximum Gasteiger partial charge on any atom is 0.409 e. The Morgan fingerprint density at radius 2 is 1.35 bits per heavy atom. The number of ether oxygens (including phenoxy) is 4. The van der Waals surface area contributed by atoms with Crippen LogP contribution in [0.25, 0.3) is 0 Å². The molecule has 0 radical (unpaired) electrons. The third kappa shape index (κ3) is 5.64. The standard InChI is InChI=1S/C19H35NO11/c1-19(2,3)16-14(12(25)10(23)8(6-21)28-16)30-17-15(31-18(27)20(4)5)13(26)11(24)9(7-22)29-17/h8-17,21-26H,6-7H2,1-5H3/t8-,9+,10+,11+,12-,13-,14-,15-,16?,17+/m0/s1. The Labute approximate surface area is 180 Å². The van der Waals surface area contributed by atoms with Crippen LogP contribution < -0.4 is 0 Å². The van der Waals surface area contributed by atoms with Crippen LogP contribution >= 0.6 is 0 Å². The Morgan fingerprint density at radius 1 is 0.871 bits per heavy atom. The highest BCUT2D eigenvalue weighted by Gasteiger charge is 2.54. The van der Waals surface area contributed by atoms with Gasteiger partial charge in [-0.1, -0.05) is 20.8 Å². The molecule has 12 nitrogen and oxygen atoms in total. The molecule has 1 unspecified atom stereocenters. The highest BCUT2D eigenvalue weighted by Crippen LogP contribution is 2.37. The summed E-state index contributed by atoms with van der Waals surface area (Å²) in [6.45, 7) is 4.21. The van der Waals surface area contributed by atoms with Crippen molar-refractivity contribution in [3.63, 3.8) is 0 Å². The van der Waals surface area contributed by atoms with E-state index >= 15 is 0 Å². The van der Waals surface area contributed by atoms with Crippen molar-refractivity contribution in [3.8, 4) is 0 Å². The van der Waals surface area contributed by atoms with Gasteiger partial charge in [-0.05, 0) is 5.41 Å². The predicted octanol–water partition coefficient (Wildman–Crippen LogP) is -2.59. The third-order valence-corrected chi connectivity index (χ3v) is 5.44. The largest absolute Gasteiger partial charge is 0.438 e. The van der Waals surface area contributed by atoms with E-state index in [1.807, 2.05) is 0 Å². The van der Waals surface area contributed by atoms with E-state index in [4.69, 9.17) is 18.9 Å². The number of nitrogens with zero attached hydrogens (tertiary/aromatic N) is 1. The van der Waals surface area contributed by atoms with Gasteiger partial charge in [-0.2, -0.15) is 0 Å². The fourth-order valence-electron chi connectivity index (χ4n) is 3.61. The number of carbonyl (C=O) groups excluding carboxylic acids is 1. The Kier molecular flexibility index (Phi) is 8.64. The van der Waals surface area contributed by atoms with Crippen molar-refractivity contribution in [2.45, 2.75) is 82.0 Å². The number of amides is 1. The van der Waals surface area contributed by atoms with Gasteiger partial charge in [0, 0.05) is 14.1 Å². The van der Waals surface area contributed by atoms with E-state index in [1.165, 1.54) is 14.1 Å². The molecule has 0 bridgehead atoms. The van der Waals surface area contributed by atoms with Crippen LogP contribution in [0.1, 0.15) is 20.8 Å². The van der Waals surface area contributed by atoms with Crippen molar-refractivity contribution >= 4 is 6.09 Å². The summed E-state index contributed by atoms with van der Waals surface area (Å²) in [7, 11) is 2.84. The Hall–Kier alpha value is -1.09. The second-order valence-corrected chi connectivity index (χ2v) is 9.18. The van der Waals surface area contributed by atoms with Crippen molar-refractivity contribution in [3.05, 3.63) is 0 Å². The highest BCUT2D eigenvalue weighted by atomic mass is 16.7. The first-order valence-corrected chi connectivity index (χ1v) is 10.1. The van der Waals surface area contributed by atoms with Crippen LogP contribution in [0.3, 0.4) is 0 Å². The first-order chi connectivity index (χ1) is 14.3. The van der Waals surface area contributed by atoms with Gasteiger partial charge in [0.25, 0.3) is 0 Å². The number of rotatable bonds is 5. The molecule has 182 valence electrons. The van der Waals surface area contributed by atoms with Crippen LogP contribution in [0.5, 0.6) is 0 Å². The molecule has 2 aliphatic heterocycles. The van der Waals surface area contributed by atoms with E-state index in [0.29, 0.717) is 0 Å². The molecular formula is C19H35NO11. The minimum atomic E-state index is -1.66. The lowest BCUT2D eigenvalue weighted by molar-refractivity contribution is -0.347. The molecular weight excluding hydrogens is 418 g/mol. The lowest BCUT2D eigenvalue weighted by Gasteiger charge is -2.49. The Balaban J connectivity index is 2.34. The summed E-state index contributed by atoms with van der Waals surface area (Å²) < 4.78 is 22.4. The van der Waals surface area contributed by atoms with Gasteiger partial charge < -0.3 is 54.5 Å². The number of hydrogen-bond acceptors (Lipinski definition) is 11. The summed E-state index contributed by atoms with van der Waals surface area (Å²) in [5, 5.41) is 60.7. The number of hydrogen-bond donors (Lipinski definition) is 6. The summed E-state index contributed by atoms with van der Waals surface area (Å²) in [5.41, 5.74) is -0.627. The van der Waals surface area contributed by atoms with E-state index in [9.17, 15) is 35.4 Å². The van der Waals surface area contributed by atoms with Crippen molar-refractivity contribution < 1.29 is 54.4 Å². The monoisotopic (exact) mass is 453 g/mol. The van der Waals surface area contributed by atoms with Gasteiger partial charge in [0.2, 0.25) is 0 Å². The fourth-order valence-corrected chi connectivity index (χ4v) is 3.61. The number of aliphatic hydroxyl groups excluding tert-OH is 6. The molecule has 0 aliphatic carbocycles. The number of carbonyl (C=O) groups is 1. The van der Waals surface area contributed by atoms with Crippen LogP contribution in [0.15, 0.2) is 0 Å². The van der Waals surface area contributed by atoms with Crippen LogP contribution in [-0.2, 0) is 18.9 Å².